The largest absolute Gasteiger partial charge is 0.398 e. The highest BCUT2D eigenvalue weighted by Gasteiger charge is 2.12. The third-order valence-corrected chi connectivity index (χ3v) is 4.00. The second-order valence-electron chi connectivity index (χ2n) is 4.31. The number of nitrogen functional groups attached to an aromatic ring is 1. The summed E-state index contributed by atoms with van der Waals surface area (Å²) in [6, 6.07) is 5.22. The normalized spacial score (nSPS) is 10.9. The lowest BCUT2D eigenvalue weighted by molar-refractivity contribution is 0.424. The van der Waals surface area contributed by atoms with Crippen LogP contribution in [0.2, 0.25) is 5.02 Å². The zero-order valence-corrected chi connectivity index (χ0v) is 12.2. The average Bonchev–Trinajstić information content (AvgIpc) is 3.03. The van der Waals surface area contributed by atoms with Gasteiger partial charge in [-0.3, -0.25) is 0 Å². The predicted molar refractivity (Wildman–Crippen MR) is 78.8 cm³/mol. The first-order chi connectivity index (χ1) is 9.61. The van der Waals surface area contributed by atoms with E-state index in [2.05, 4.69) is 15.1 Å². The van der Waals surface area contributed by atoms with Gasteiger partial charge in [0.15, 0.2) is 5.82 Å². The minimum Gasteiger partial charge on any atom is -0.398 e. The highest BCUT2D eigenvalue weighted by Crippen LogP contribution is 2.26. The summed E-state index contributed by atoms with van der Waals surface area (Å²) in [6.07, 6.45) is 0.561. The number of benzene rings is 1. The van der Waals surface area contributed by atoms with Gasteiger partial charge < -0.3 is 10.3 Å². The molecule has 1 aromatic carbocycles. The molecule has 0 bridgehead atoms. The molecule has 5 nitrogen and oxygen atoms in total. The highest BCUT2D eigenvalue weighted by atomic mass is 35.5. The lowest BCUT2D eigenvalue weighted by Gasteiger charge is -1.98. The maximum atomic E-state index is 5.88. The molecule has 2 heterocycles. The van der Waals surface area contributed by atoms with Gasteiger partial charge in [0.1, 0.15) is 5.01 Å². The summed E-state index contributed by atoms with van der Waals surface area (Å²) < 4.78 is 5.24. The van der Waals surface area contributed by atoms with E-state index in [4.69, 9.17) is 21.9 Å². The minimum atomic E-state index is 0.427. The van der Waals surface area contributed by atoms with Gasteiger partial charge in [0.25, 0.3) is 5.89 Å². The summed E-state index contributed by atoms with van der Waals surface area (Å²) in [5.74, 6) is 1.03. The van der Waals surface area contributed by atoms with E-state index >= 15 is 0 Å². The molecule has 0 amide bonds. The SMILES string of the molecule is Cc1csc(Cc2noc(-c3ccc(Cl)c(N)c3)n2)n1. The van der Waals surface area contributed by atoms with E-state index in [1.807, 2.05) is 12.3 Å². The van der Waals surface area contributed by atoms with Crippen LogP contribution in [-0.2, 0) is 6.42 Å². The third kappa shape index (κ3) is 2.66. The number of halogens is 1. The first-order valence-electron chi connectivity index (χ1n) is 5.91. The minimum absolute atomic E-state index is 0.427. The Bertz CT molecular complexity index is 752. The Morgan fingerprint density at radius 2 is 2.20 bits per heavy atom. The van der Waals surface area contributed by atoms with Crippen LogP contribution in [0.15, 0.2) is 28.1 Å². The smallest absolute Gasteiger partial charge is 0.258 e. The summed E-state index contributed by atoms with van der Waals surface area (Å²) in [6.45, 7) is 1.96. The number of anilines is 1. The van der Waals surface area contributed by atoms with Gasteiger partial charge in [-0.15, -0.1) is 11.3 Å². The van der Waals surface area contributed by atoms with Crippen molar-refractivity contribution < 1.29 is 4.52 Å². The van der Waals surface area contributed by atoms with Crippen LogP contribution in [0.5, 0.6) is 0 Å². The second-order valence-corrected chi connectivity index (χ2v) is 5.66. The molecule has 0 saturated carbocycles. The van der Waals surface area contributed by atoms with E-state index in [1.54, 1.807) is 29.5 Å². The van der Waals surface area contributed by atoms with Crippen molar-refractivity contribution in [3.8, 4) is 11.5 Å². The summed E-state index contributed by atoms with van der Waals surface area (Å²) in [5.41, 5.74) is 8.00. The van der Waals surface area contributed by atoms with Crippen LogP contribution in [0.3, 0.4) is 0 Å². The van der Waals surface area contributed by atoms with Crippen LogP contribution in [0.4, 0.5) is 5.69 Å². The molecule has 0 spiro atoms. The number of hydrogen-bond acceptors (Lipinski definition) is 6. The Morgan fingerprint density at radius 1 is 1.35 bits per heavy atom. The van der Waals surface area contributed by atoms with Crippen molar-refractivity contribution in [3.05, 3.63) is 45.1 Å². The molecule has 7 heteroatoms. The molecule has 20 heavy (non-hydrogen) atoms. The van der Waals surface area contributed by atoms with E-state index in [9.17, 15) is 0 Å². The molecule has 102 valence electrons. The fourth-order valence-electron chi connectivity index (χ4n) is 1.74. The van der Waals surface area contributed by atoms with Crippen LogP contribution in [0.25, 0.3) is 11.5 Å². The molecule has 0 unspecified atom stereocenters. The number of aryl methyl sites for hydroxylation is 1. The van der Waals surface area contributed by atoms with Gasteiger partial charge in [-0.2, -0.15) is 4.98 Å². The van der Waals surface area contributed by atoms with Crippen molar-refractivity contribution in [1.29, 1.82) is 0 Å². The number of rotatable bonds is 3. The van der Waals surface area contributed by atoms with Crippen molar-refractivity contribution in [1.82, 2.24) is 15.1 Å². The van der Waals surface area contributed by atoms with Crippen LogP contribution in [0.1, 0.15) is 16.5 Å². The molecule has 0 radical (unpaired) electrons. The molecule has 0 aliphatic heterocycles. The standard InChI is InChI=1S/C13H11ClN4OS/c1-7-6-20-12(16-7)5-11-17-13(19-18-11)8-2-3-9(14)10(15)4-8/h2-4,6H,5,15H2,1H3. The Balaban J connectivity index is 1.84. The van der Waals surface area contributed by atoms with E-state index in [1.165, 1.54) is 0 Å². The summed E-state index contributed by atoms with van der Waals surface area (Å²) in [7, 11) is 0. The molecule has 0 fully saturated rings. The average molecular weight is 307 g/mol. The van der Waals surface area contributed by atoms with Crippen LogP contribution in [0, 0.1) is 6.92 Å². The Labute approximate surface area is 124 Å². The number of nitrogens with zero attached hydrogens (tertiary/aromatic N) is 3. The Hall–Kier alpha value is -1.92. The maximum absolute atomic E-state index is 5.88. The lowest BCUT2D eigenvalue weighted by atomic mass is 10.2. The van der Waals surface area contributed by atoms with Crippen molar-refractivity contribution in [2.45, 2.75) is 13.3 Å². The van der Waals surface area contributed by atoms with Crippen molar-refractivity contribution in [2.75, 3.05) is 5.73 Å². The molecule has 0 atom stereocenters. The van der Waals surface area contributed by atoms with Crippen molar-refractivity contribution in [3.63, 3.8) is 0 Å². The van der Waals surface area contributed by atoms with Crippen LogP contribution >= 0.6 is 22.9 Å². The quantitative estimate of drug-likeness (QED) is 0.751. The van der Waals surface area contributed by atoms with Gasteiger partial charge in [-0.05, 0) is 25.1 Å². The molecular weight excluding hydrogens is 296 g/mol. The molecule has 2 aromatic heterocycles. The second kappa shape index (κ2) is 5.22. The summed E-state index contributed by atoms with van der Waals surface area (Å²) in [4.78, 5) is 8.72. The van der Waals surface area contributed by atoms with Gasteiger partial charge in [0.2, 0.25) is 0 Å². The molecule has 0 aliphatic carbocycles. The van der Waals surface area contributed by atoms with Gasteiger partial charge in [-0.1, -0.05) is 16.8 Å². The lowest BCUT2D eigenvalue weighted by Crippen LogP contribution is -1.91. The topological polar surface area (TPSA) is 77.8 Å². The van der Waals surface area contributed by atoms with Crippen molar-refractivity contribution >= 4 is 28.6 Å². The van der Waals surface area contributed by atoms with Gasteiger partial charge in [-0.25, -0.2) is 4.98 Å². The number of thiazole rings is 1. The van der Waals surface area contributed by atoms with E-state index in [0.29, 0.717) is 28.8 Å². The first-order valence-corrected chi connectivity index (χ1v) is 7.16. The van der Waals surface area contributed by atoms with Gasteiger partial charge in [0, 0.05) is 16.6 Å². The highest BCUT2D eigenvalue weighted by molar-refractivity contribution is 7.09. The first kappa shape index (κ1) is 13.1. The third-order valence-electron chi connectivity index (χ3n) is 2.69. The number of hydrogen-bond donors (Lipinski definition) is 1. The van der Waals surface area contributed by atoms with Crippen molar-refractivity contribution in [2.24, 2.45) is 0 Å². The van der Waals surface area contributed by atoms with Gasteiger partial charge >= 0.3 is 0 Å². The monoisotopic (exact) mass is 306 g/mol. The Morgan fingerprint density at radius 3 is 2.90 bits per heavy atom. The zero-order valence-electron chi connectivity index (χ0n) is 10.6. The van der Waals surface area contributed by atoms with Gasteiger partial charge in [0.05, 0.1) is 17.1 Å². The molecule has 2 N–H and O–H groups in total. The molecule has 0 aliphatic rings. The van der Waals surface area contributed by atoms with E-state index in [0.717, 1.165) is 16.3 Å². The number of nitrogens with two attached hydrogens (primary N) is 1. The number of aromatic nitrogens is 3. The summed E-state index contributed by atoms with van der Waals surface area (Å²) >= 11 is 7.47. The Kier molecular flexibility index (Phi) is 3.42. The zero-order chi connectivity index (χ0) is 14.1. The predicted octanol–water partition coefficient (Wildman–Crippen LogP) is 3.33. The fraction of sp³-hybridized carbons (Fsp3) is 0.154. The molecule has 3 aromatic rings. The van der Waals surface area contributed by atoms with E-state index < -0.39 is 0 Å². The van der Waals surface area contributed by atoms with E-state index in [-0.39, 0.29) is 0 Å². The fourth-order valence-corrected chi connectivity index (χ4v) is 2.62. The van der Waals surface area contributed by atoms with Crippen LogP contribution in [-0.4, -0.2) is 15.1 Å². The molecule has 3 rings (SSSR count). The molecular formula is C13H11ClN4OS. The van der Waals surface area contributed by atoms with Crippen LogP contribution < -0.4 is 5.73 Å². The maximum Gasteiger partial charge on any atom is 0.258 e. The molecule has 0 saturated heterocycles. The summed E-state index contributed by atoms with van der Waals surface area (Å²) in [5, 5.41) is 7.42.